The van der Waals surface area contributed by atoms with Gasteiger partial charge in [0.05, 0.1) is 32.2 Å². The Balaban J connectivity index is 1.71. The van der Waals surface area contributed by atoms with Crippen LogP contribution in [0, 0.1) is 0 Å². The van der Waals surface area contributed by atoms with Gasteiger partial charge in [0.1, 0.15) is 30.1 Å². The van der Waals surface area contributed by atoms with Crippen molar-refractivity contribution in [3.63, 3.8) is 0 Å². The highest BCUT2D eigenvalue weighted by Crippen LogP contribution is 2.53. The van der Waals surface area contributed by atoms with E-state index in [0.717, 1.165) is 17.6 Å². The molecule has 4 rings (SSSR count). The summed E-state index contributed by atoms with van der Waals surface area (Å²) in [5.74, 6) is -0.210. The first-order valence-corrected chi connectivity index (χ1v) is 19.7. The minimum absolute atomic E-state index is 0.0165. The third-order valence-corrected chi connectivity index (χ3v) is 10.4. The summed E-state index contributed by atoms with van der Waals surface area (Å²) in [6.07, 6.45) is 2.78. The number of hydrogen-bond acceptors (Lipinski definition) is 13. The molecule has 1 fully saturated rings. The number of amides is 1. The van der Waals surface area contributed by atoms with Crippen molar-refractivity contribution in [1.29, 1.82) is 0 Å². The first kappa shape index (κ1) is 36.1. The number of nitrogens with zero attached hydrogens (tertiary/aromatic N) is 3. The summed E-state index contributed by atoms with van der Waals surface area (Å²) in [4.78, 5) is 40.2. The molecule has 3 aromatic rings. The van der Waals surface area contributed by atoms with Crippen molar-refractivity contribution in [3.05, 3.63) is 58.0 Å². The van der Waals surface area contributed by atoms with Gasteiger partial charge >= 0.3 is 15.4 Å². The van der Waals surface area contributed by atoms with Crippen molar-refractivity contribution >= 4 is 42.5 Å². The smallest absolute Gasteiger partial charge is 0.471 e. The fraction of sp³-hybridized carbons (Fsp3) is 0.423. The third-order valence-electron chi connectivity index (χ3n) is 6.21. The zero-order valence-corrected chi connectivity index (χ0v) is 28.4. The lowest BCUT2D eigenvalue weighted by Gasteiger charge is -2.23. The molecule has 16 nitrogen and oxygen atoms in total. The van der Waals surface area contributed by atoms with Gasteiger partial charge in [-0.25, -0.2) is 18.0 Å². The molecule has 1 aromatic carbocycles. The summed E-state index contributed by atoms with van der Waals surface area (Å²) in [5, 5.41) is 1.36. The van der Waals surface area contributed by atoms with Gasteiger partial charge in [-0.15, -0.1) is 11.3 Å². The summed E-state index contributed by atoms with van der Waals surface area (Å²) in [6.45, 7) is 1.89. The Morgan fingerprint density at radius 1 is 1.20 bits per heavy atom. The highest BCUT2D eigenvalue weighted by atomic mass is 32.2. The summed E-state index contributed by atoms with van der Waals surface area (Å²) in [6, 6.07) is 7.04. The third kappa shape index (κ3) is 10.4. The van der Waals surface area contributed by atoms with Gasteiger partial charge in [-0.2, -0.15) is 4.99 Å². The van der Waals surface area contributed by atoms with Gasteiger partial charge in [-0.05, 0) is 37.1 Å². The highest BCUT2D eigenvalue weighted by Gasteiger charge is 2.30. The van der Waals surface area contributed by atoms with Crippen LogP contribution in [0.4, 0.5) is 0 Å². The van der Waals surface area contributed by atoms with Crippen LogP contribution >= 0.6 is 26.8 Å². The number of benzene rings is 1. The molecule has 1 amide bonds. The van der Waals surface area contributed by atoms with Crippen molar-refractivity contribution in [1.82, 2.24) is 9.55 Å². The summed E-state index contributed by atoms with van der Waals surface area (Å²) in [5.41, 5.74) is 0.274. The molecular formula is C26H33N3O13P2S2. The number of sulfone groups is 1. The minimum Gasteiger partial charge on any atom is -0.488 e. The molecule has 252 valence electrons. The minimum atomic E-state index is -4.94. The number of phosphoric acid groups is 1. The molecule has 0 radical (unpaired) electrons. The number of thiazole rings is 1. The van der Waals surface area contributed by atoms with Gasteiger partial charge in [0, 0.05) is 36.1 Å². The Kier molecular flexibility index (Phi) is 12.1. The number of carbonyl (C=O) groups excluding carboxylic acids is 1. The van der Waals surface area contributed by atoms with Crippen molar-refractivity contribution in [2.45, 2.75) is 43.8 Å². The van der Waals surface area contributed by atoms with Crippen LogP contribution in [0.3, 0.4) is 0 Å². The van der Waals surface area contributed by atoms with E-state index in [2.05, 4.69) is 14.5 Å². The second-order valence-corrected chi connectivity index (χ2v) is 16.0. The number of ether oxygens (including phenoxy) is 3. The number of pyridine rings is 1. The first-order valence-electron chi connectivity index (χ1n) is 13.7. The maximum atomic E-state index is 13.5. The number of aromatic nitrogens is 2. The zero-order valence-electron chi connectivity index (χ0n) is 25.0. The molecular weight excluding hydrogens is 688 g/mol. The van der Waals surface area contributed by atoms with E-state index in [0.29, 0.717) is 12.8 Å². The predicted molar refractivity (Wildman–Crippen MR) is 164 cm³/mol. The molecule has 0 saturated carbocycles. The van der Waals surface area contributed by atoms with E-state index < -0.39 is 37.9 Å². The summed E-state index contributed by atoms with van der Waals surface area (Å²) in [7, 11) is -10.5. The number of rotatable bonds is 14. The Morgan fingerprint density at radius 2 is 1.91 bits per heavy atom. The summed E-state index contributed by atoms with van der Waals surface area (Å²) < 4.78 is 81.8. The number of carbonyl (C=O) groups is 1. The van der Waals surface area contributed by atoms with E-state index in [1.165, 1.54) is 53.6 Å². The van der Waals surface area contributed by atoms with Crippen molar-refractivity contribution in [2.75, 3.05) is 33.2 Å². The molecule has 20 heteroatoms. The Labute approximate surface area is 268 Å². The lowest BCUT2D eigenvalue weighted by atomic mass is 10.2. The largest absolute Gasteiger partial charge is 0.488 e. The van der Waals surface area contributed by atoms with E-state index >= 15 is 0 Å². The van der Waals surface area contributed by atoms with Crippen LogP contribution in [0.1, 0.15) is 35.8 Å². The molecule has 0 aliphatic carbocycles. The van der Waals surface area contributed by atoms with Crippen molar-refractivity contribution < 1.29 is 59.9 Å². The van der Waals surface area contributed by atoms with Crippen LogP contribution < -0.4 is 14.3 Å². The van der Waals surface area contributed by atoms with Gasteiger partial charge < -0.3 is 33.0 Å². The fourth-order valence-corrected chi connectivity index (χ4v) is 7.58. The van der Waals surface area contributed by atoms with Gasteiger partial charge in [-0.3, -0.25) is 18.5 Å². The highest BCUT2D eigenvalue weighted by molar-refractivity contribution is 7.90. The van der Waals surface area contributed by atoms with Crippen LogP contribution in [-0.2, 0) is 50.2 Å². The topological polar surface area (TPSA) is 211 Å². The zero-order chi connectivity index (χ0) is 33.5. The van der Waals surface area contributed by atoms with E-state index in [4.69, 9.17) is 23.3 Å². The maximum absolute atomic E-state index is 13.5. The lowest BCUT2D eigenvalue weighted by Crippen LogP contribution is -2.22. The monoisotopic (exact) mass is 721 g/mol. The normalized spacial score (nSPS) is 16.2. The second-order valence-electron chi connectivity index (χ2n) is 9.90. The van der Waals surface area contributed by atoms with E-state index in [1.807, 2.05) is 6.92 Å². The first-order chi connectivity index (χ1) is 21.7. The van der Waals surface area contributed by atoms with E-state index in [9.17, 15) is 32.1 Å². The van der Waals surface area contributed by atoms with Gasteiger partial charge in [0.2, 0.25) is 0 Å². The number of phosphoric ester groups is 1. The molecule has 3 heterocycles. The molecule has 2 aromatic heterocycles. The predicted octanol–water partition coefficient (Wildman–Crippen LogP) is 3.88. The molecule has 1 aliphatic rings. The molecule has 1 aliphatic heterocycles. The Morgan fingerprint density at radius 3 is 2.52 bits per heavy atom. The molecule has 0 bridgehead atoms. The average Bonchev–Trinajstić information content (AvgIpc) is 3.35. The molecule has 1 atom stereocenters. The van der Waals surface area contributed by atoms with Crippen LogP contribution in [0.2, 0.25) is 0 Å². The molecule has 2 N–H and O–H groups in total. The maximum Gasteiger partial charge on any atom is 0.471 e. The van der Waals surface area contributed by atoms with Crippen LogP contribution in [0.15, 0.2) is 51.9 Å². The molecule has 0 unspecified atom stereocenters. The molecule has 1 saturated heterocycles. The van der Waals surface area contributed by atoms with Crippen molar-refractivity contribution in [2.24, 2.45) is 4.99 Å². The average molecular weight is 722 g/mol. The molecule has 0 spiro atoms. The molecule has 46 heavy (non-hydrogen) atoms. The Hall–Kier alpha value is -2.76. The SMILES string of the molecule is CC[C@@H](COC)Oc1cc(Oc2ccc(S(C)(=O)=O)nc2)cc(C(=O)N=c2scc(CP3(=O)OCCCO3)n2COP(=O)(O)O)c1. The van der Waals surface area contributed by atoms with Gasteiger partial charge in [-0.1, -0.05) is 6.92 Å². The van der Waals surface area contributed by atoms with Crippen LogP contribution in [0.5, 0.6) is 17.2 Å². The second kappa shape index (κ2) is 15.4. The standard InChI is InChI=1S/C26H33N3O13P2S2/c1-4-20(14-37-2)41-22-10-18(11-23(12-22)42-21-6-7-24(27-13-21)46(3,35)36)25(30)28-26-29(17-40-44(32,33)34)19(16-45-26)15-43(31)38-8-5-9-39-43/h6-7,10-13,16,20H,4-5,8-9,14-15,17H2,1-3H3,(H2,32,33,34)/t20-/m0/s1. The number of hydrogen-bond donors (Lipinski definition) is 2. The van der Waals surface area contributed by atoms with Crippen LogP contribution in [-0.4, -0.2) is 73.0 Å². The van der Waals surface area contributed by atoms with Crippen molar-refractivity contribution in [3.8, 4) is 17.2 Å². The van der Waals surface area contributed by atoms with Gasteiger partial charge in [0.15, 0.2) is 19.7 Å². The van der Waals surface area contributed by atoms with Crippen LogP contribution in [0.25, 0.3) is 0 Å². The number of methoxy groups -OCH3 is 1. The van der Waals surface area contributed by atoms with E-state index in [-0.39, 0.29) is 70.4 Å². The Bertz CT molecular complexity index is 1790. The lowest BCUT2D eigenvalue weighted by molar-refractivity contribution is 0.0784. The quantitative estimate of drug-likeness (QED) is 0.226. The van der Waals surface area contributed by atoms with Gasteiger partial charge in [0.25, 0.3) is 5.91 Å². The van der Waals surface area contributed by atoms with E-state index in [1.54, 1.807) is 0 Å². The fourth-order valence-electron chi connectivity index (χ4n) is 4.01. The summed E-state index contributed by atoms with van der Waals surface area (Å²) >= 11 is 0.946.